The molecule has 1 aliphatic carbocycles. The van der Waals surface area contributed by atoms with Gasteiger partial charge in [-0.2, -0.15) is 16.8 Å². The highest BCUT2D eigenvalue weighted by molar-refractivity contribution is 7.85. The zero-order chi connectivity index (χ0) is 31.5. The lowest BCUT2D eigenvalue weighted by molar-refractivity contribution is 0.395. The molecule has 16 heteroatoms. The van der Waals surface area contributed by atoms with Crippen LogP contribution in [0.3, 0.4) is 0 Å². The van der Waals surface area contributed by atoms with Crippen molar-refractivity contribution in [2.45, 2.75) is 37.5 Å². The number of aliphatic imine (C=N–C) groups is 2. The van der Waals surface area contributed by atoms with Crippen LogP contribution in [-0.2, 0) is 20.2 Å². The van der Waals surface area contributed by atoms with E-state index in [2.05, 4.69) is 57.0 Å². The van der Waals surface area contributed by atoms with Crippen molar-refractivity contribution in [1.29, 1.82) is 0 Å². The average molecular weight is 679 g/mol. The van der Waals surface area contributed by atoms with Crippen LogP contribution in [0.5, 0.6) is 0 Å². The molecule has 0 saturated heterocycles. The van der Waals surface area contributed by atoms with Gasteiger partial charge < -0.3 is 10.6 Å². The van der Waals surface area contributed by atoms with E-state index >= 15 is 0 Å². The maximum Gasteiger partial charge on any atom is 0.261 e. The van der Waals surface area contributed by atoms with Crippen molar-refractivity contribution in [3.8, 4) is 0 Å². The fourth-order valence-corrected chi connectivity index (χ4v) is 7.65. The Balaban J connectivity index is 0.000000336. The summed E-state index contributed by atoms with van der Waals surface area (Å²) >= 11 is 3.73. The second-order valence-electron chi connectivity index (χ2n) is 10.8. The SMILES string of the molecule is CS(=O)(=O)O.CS(=O)(=O)O.c1cc2nc(C3CCC(c4nc5ccc(C6=NCCN6)cc5s4)CC3)sc2cc1C1=NCCN1. The minimum absolute atomic E-state index is 0.562. The van der Waals surface area contributed by atoms with E-state index in [0.717, 1.165) is 48.9 Å². The van der Waals surface area contributed by atoms with E-state index in [1.807, 2.05) is 22.7 Å². The molecule has 12 nitrogen and oxygen atoms in total. The second kappa shape index (κ2) is 13.5. The van der Waals surface area contributed by atoms with Crippen LogP contribution in [-0.4, -0.2) is 86.3 Å². The first-order valence-corrected chi connectivity index (χ1v) is 19.4. The third kappa shape index (κ3) is 9.01. The molecule has 0 bridgehead atoms. The van der Waals surface area contributed by atoms with Gasteiger partial charge in [0.25, 0.3) is 20.2 Å². The van der Waals surface area contributed by atoms with Crippen LogP contribution < -0.4 is 10.6 Å². The van der Waals surface area contributed by atoms with Crippen molar-refractivity contribution in [2.24, 2.45) is 9.98 Å². The summed E-state index contributed by atoms with van der Waals surface area (Å²) in [5, 5.41) is 9.34. The summed E-state index contributed by atoms with van der Waals surface area (Å²) in [4.78, 5) is 19.1. The molecule has 1 fully saturated rings. The van der Waals surface area contributed by atoms with Crippen molar-refractivity contribution in [2.75, 3.05) is 38.7 Å². The van der Waals surface area contributed by atoms with Gasteiger partial charge in [-0.05, 0) is 62.1 Å². The molecule has 0 atom stereocenters. The Kier molecular flexibility index (Phi) is 9.96. The molecule has 0 amide bonds. The third-order valence-electron chi connectivity index (χ3n) is 7.13. The molecule has 2 aliphatic heterocycles. The second-order valence-corrected chi connectivity index (χ2v) is 15.9. The minimum Gasteiger partial charge on any atom is -0.368 e. The van der Waals surface area contributed by atoms with E-state index in [4.69, 9.17) is 19.1 Å². The van der Waals surface area contributed by atoms with Crippen LogP contribution in [0, 0.1) is 0 Å². The summed E-state index contributed by atoms with van der Waals surface area (Å²) in [6.07, 6.45) is 6.18. The molecule has 0 unspecified atom stereocenters. The van der Waals surface area contributed by atoms with Gasteiger partial charge in [0.2, 0.25) is 0 Å². The summed E-state index contributed by atoms with van der Waals surface area (Å²) in [6, 6.07) is 13.1. The molecule has 44 heavy (non-hydrogen) atoms. The van der Waals surface area contributed by atoms with Crippen LogP contribution in [0.25, 0.3) is 20.4 Å². The molecule has 7 rings (SSSR count). The lowest BCUT2D eigenvalue weighted by Gasteiger charge is -2.25. The Morgan fingerprint density at radius 2 is 1.05 bits per heavy atom. The monoisotopic (exact) mass is 678 g/mol. The van der Waals surface area contributed by atoms with E-state index in [9.17, 15) is 16.8 Å². The highest BCUT2D eigenvalue weighted by atomic mass is 32.2. The van der Waals surface area contributed by atoms with Gasteiger partial charge in [-0.3, -0.25) is 19.1 Å². The molecule has 2 aromatic heterocycles. The Morgan fingerprint density at radius 1 is 0.682 bits per heavy atom. The van der Waals surface area contributed by atoms with Crippen molar-refractivity contribution in [3.05, 3.63) is 57.5 Å². The zero-order valence-electron chi connectivity index (χ0n) is 24.2. The Bertz CT molecular complexity index is 1770. The van der Waals surface area contributed by atoms with E-state index < -0.39 is 20.2 Å². The van der Waals surface area contributed by atoms with Gasteiger partial charge in [-0.25, -0.2) is 9.97 Å². The van der Waals surface area contributed by atoms with Crippen molar-refractivity contribution in [1.82, 2.24) is 20.6 Å². The Hall–Kier alpha value is -3.02. The van der Waals surface area contributed by atoms with Gasteiger partial charge in [-0.15, -0.1) is 22.7 Å². The Labute approximate surface area is 264 Å². The van der Waals surface area contributed by atoms with Gasteiger partial charge in [0.15, 0.2) is 0 Å². The number of thiazole rings is 2. The first kappa shape index (κ1) is 32.4. The molecule has 236 valence electrons. The van der Waals surface area contributed by atoms with Crippen molar-refractivity contribution >= 4 is 75.0 Å². The van der Waals surface area contributed by atoms with Gasteiger partial charge in [-0.1, -0.05) is 0 Å². The molecular formula is C28H34N6O6S4. The van der Waals surface area contributed by atoms with Crippen molar-refractivity contribution < 1.29 is 25.9 Å². The van der Waals surface area contributed by atoms with Gasteiger partial charge in [0.1, 0.15) is 11.7 Å². The molecule has 4 aromatic rings. The number of benzene rings is 2. The van der Waals surface area contributed by atoms with Crippen molar-refractivity contribution in [3.63, 3.8) is 0 Å². The molecule has 4 heterocycles. The molecule has 0 radical (unpaired) electrons. The maximum atomic E-state index is 9.19. The van der Waals surface area contributed by atoms with Gasteiger partial charge in [0.05, 0.1) is 56.0 Å². The lowest BCUT2D eigenvalue weighted by Crippen LogP contribution is -2.19. The minimum atomic E-state index is -3.67. The maximum absolute atomic E-state index is 9.19. The fourth-order valence-electron chi connectivity index (χ4n) is 5.30. The van der Waals surface area contributed by atoms with Crippen LogP contribution >= 0.6 is 22.7 Å². The van der Waals surface area contributed by atoms with E-state index in [-0.39, 0.29) is 0 Å². The van der Waals surface area contributed by atoms with Crippen LogP contribution in [0.2, 0.25) is 0 Å². The molecule has 3 aliphatic rings. The fraction of sp³-hybridized carbons (Fsp3) is 0.429. The highest BCUT2D eigenvalue weighted by Gasteiger charge is 2.28. The number of rotatable bonds is 4. The van der Waals surface area contributed by atoms with Crippen LogP contribution in [0.15, 0.2) is 46.4 Å². The normalized spacial score (nSPS) is 20.1. The molecule has 2 aromatic carbocycles. The van der Waals surface area contributed by atoms with Gasteiger partial charge >= 0.3 is 0 Å². The highest BCUT2D eigenvalue weighted by Crippen LogP contribution is 2.44. The molecule has 1 saturated carbocycles. The summed E-state index contributed by atoms with van der Waals surface area (Å²) in [5.74, 6) is 3.17. The number of fused-ring (bicyclic) bond motifs is 2. The average Bonchev–Trinajstić information content (AvgIpc) is 3.77. The number of amidine groups is 2. The van der Waals surface area contributed by atoms with Crippen LogP contribution in [0.1, 0.15) is 58.7 Å². The van der Waals surface area contributed by atoms with Crippen LogP contribution in [0.4, 0.5) is 0 Å². The Morgan fingerprint density at radius 3 is 1.36 bits per heavy atom. The number of hydrogen-bond acceptors (Lipinski definition) is 12. The van der Waals surface area contributed by atoms with E-state index in [1.165, 1.54) is 56.2 Å². The summed E-state index contributed by atoms with van der Waals surface area (Å²) in [6.45, 7) is 3.61. The molecule has 0 spiro atoms. The topological polar surface area (TPSA) is 183 Å². The van der Waals surface area contributed by atoms with E-state index in [0.29, 0.717) is 24.3 Å². The summed E-state index contributed by atoms with van der Waals surface area (Å²) in [5.41, 5.74) is 4.60. The summed E-state index contributed by atoms with van der Waals surface area (Å²) in [7, 11) is -7.33. The quantitative estimate of drug-likeness (QED) is 0.230. The summed E-state index contributed by atoms with van der Waals surface area (Å²) < 4.78 is 54.3. The predicted octanol–water partition coefficient (Wildman–Crippen LogP) is 4.06. The number of nitrogens with one attached hydrogen (secondary N) is 2. The van der Waals surface area contributed by atoms with E-state index in [1.54, 1.807) is 0 Å². The molecule has 4 N–H and O–H groups in total. The largest absolute Gasteiger partial charge is 0.368 e. The number of nitrogens with zero attached hydrogens (tertiary/aromatic N) is 4. The lowest BCUT2D eigenvalue weighted by atomic mass is 9.82. The first-order chi connectivity index (χ1) is 20.8. The zero-order valence-corrected chi connectivity index (χ0v) is 27.5. The first-order valence-electron chi connectivity index (χ1n) is 14.0. The third-order valence-corrected chi connectivity index (χ3v) is 9.49. The number of aromatic nitrogens is 2. The standard InChI is InChI=1S/C26H26N6S2.2CH4O3S/c1-2-16(26-32-20-8-6-18(14-22(20)34-26)24-29-11-12-30-24)4-3-15(1)25-31-19-7-5-17(13-21(19)33-25)23-27-9-10-28-23;2*1-5(2,3)4/h5-8,13-16H,1-4,9-12H2,(H,27,28)(H,29,30);2*1H3,(H,2,3,4). The van der Waals surface area contributed by atoms with Gasteiger partial charge in [0, 0.05) is 36.1 Å². The predicted molar refractivity (Wildman–Crippen MR) is 177 cm³/mol. The molecular weight excluding hydrogens is 645 g/mol. The number of hydrogen-bond donors (Lipinski definition) is 4. The smallest absolute Gasteiger partial charge is 0.261 e.